The van der Waals surface area contributed by atoms with E-state index in [1.54, 1.807) is 7.05 Å². The predicted molar refractivity (Wildman–Crippen MR) is 86.1 cm³/mol. The third-order valence-electron chi connectivity index (χ3n) is 4.61. The van der Waals surface area contributed by atoms with Crippen molar-refractivity contribution in [2.45, 2.75) is 57.0 Å². The van der Waals surface area contributed by atoms with Crippen LogP contribution in [0.3, 0.4) is 0 Å². The summed E-state index contributed by atoms with van der Waals surface area (Å²) < 4.78 is 53.4. The Bertz CT molecular complexity index is 562. The van der Waals surface area contributed by atoms with Crippen LogP contribution in [0.15, 0.2) is 0 Å². The van der Waals surface area contributed by atoms with E-state index in [4.69, 9.17) is 0 Å². The molecule has 2 rings (SSSR count). The number of sulfonamides is 1. The third-order valence-corrected chi connectivity index (χ3v) is 7.42. The molecule has 0 spiro atoms. The molecular formula is C13H27N3O4S2. The Balaban J connectivity index is 1.94. The molecule has 1 aliphatic carbocycles. The summed E-state index contributed by atoms with van der Waals surface area (Å²) in [6.45, 7) is 0.735. The van der Waals surface area contributed by atoms with Crippen LogP contribution in [0, 0.1) is 0 Å². The van der Waals surface area contributed by atoms with E-state index in [-0.39, 0.29) is 12.1 Å². The molecule has 0 aromatic carbocycles. The van der Waals surface area contributed by atoms with E-state index >= 15 is 0 Å². The molecule has 1 saturated carbocycles. The molecule has 0 aromatic heterocycles. The normalized spacial score (nSPS) is 24.0. The average molecular weight is 354 g/mol. The second-order valence-electron chi connectivity index (χ2n) is 6.38. The number of hydrogen-bond donors (Lipinski definition) is 1. The SMILES string of the molecule is CN(C1CCCCC1)S(=O)(=O)N1CCC(NS(C)(=O)=O)CC1. The van der Waals surface area contributed by atoms with E-state index in [2.05, 4.69) is 4.72 Å². The van der Waals surface area contributed by atoms with Crippen LogP contribution in [-0.2, 0) is 20.2 Å². The van der Waals surface area contributed by atoms with Gasteiger partial charge < -0.3 is 0 Å². The lowest BCUT2D eigenvalue weighted by Gasteiger charge is -2.37. The summed E-state index contributed by atoms with van der Waals surface area (Å²) in [6.07, 6.45) is 7.40. The molecule has 0 aromatic rings. The van der Waals surface area contributed by atoms with Crippen molar-refractivity contribution in [1.29, 1.82) is 0 Å². The average Bonchev–Trinajstić information content (AvgIpc) is 2.46. The molecule has 1 saturated heterocycles. The number of nitrogens with zero attached hydrogens (tertiary/aromatic N) is 2. The highest BCUT2D eigenvalue weighted by Crippen LogP contribution is 2.26. The van der Waals surface area contributed by atoms with E-state index in [0.29, 0.717) is 25.9 Å². The number of rotatable bonds is 5. The van der Waals surface area contributed by atoms with Crippen LogP contribution in [0.25, 0.3) is 0 Å². The molecule has 0 atom stereocenters. The van der Waals surface area contributed by atoms with Crippen molar-refractivity contribution in [3.8, 4) is 0 Å². The molecule has 7 nitrogen and oxygen atoms in total. The lowest BCUT2D eigenvalue weighted by Crippen LogP contribution is -2.52. The Morgan fingerprint density at radius 2 is 1.50 bits per heavy atom. The minimum absolute atomic E-state index is 0.102. The van der Waals surface area contributed by atoms with Gasteiger partial charge >= 0.3 is 0 Å². The first-order chi connectivity index (χ1) is 10.2. The van der Waals surface area contributed by atoms with Crippen LogP contribution in [0.2, 0.25) is 0 Å². The van der Waals surface area contributed by atoms with Crippen molar-refractivity contribution in [1.82, 2.24) is 13.3 Å². The van der Waals surface area contributed by atoms with Gasteiger partial charge in [-0.15, -0.1) is 0 Å². The third kappa shape index (κ3) is 4.64. The Hall–Kier alpha value is -0.220. The largest absolute Gasteiger partial charge is 0.281 e. The zero-order valence-electron chi connectivity index (χ0n) is 13.4. The summed E-state index contributed by atoms with van der Waals surface area (Å²) in [7, 11) is -5.01. The number of piperidine rings is 1. The van der Waals surface area contributed by atoms with Gasteiger partial charge in [-0.25, -0.2) is 13.1 Å². The molecule has 0 radical (unpaired) electrons. The molecule has 0 bridgehead atoms. The minimum Gasteiger partial charge on any atom is -0.213 e. The fourth-order valence-electron chi connectivity index (χ4n) is 3.32. The van der Waals surface area contributed by atoms with Crippen molar-refractivity contribution in [3.05, 3.63) is 0 Å². The first kappa shape index (κ1) is 18.1. The van der Waals surface area contributed by atoms with Crippen molar-refractivity contribution < 1.29 is 16.8 Å². The van der Waals surface area contributed by atoms with Gasteiger partial charge in [-0.2, -0.15) is 17.0 Å². The summed E-state index contributed by atoms with van der Waals surface area (Å²) in [5, 5.41) is 0. The summed E-state index contributed by atoms with van der Waals surface area (Å²) >= 11 is 0. The molecule has 130 valence electrons. The minimum atomic E-state index is -3.44. The maximum atomic E-state index is 12.7. The van der Waals surface area contributed by atoms with Crippen molar-refractivity contribution >= 4 is 20.2 Å². The fourth-order valence-corrected chi connectivity index (χ4v) is 5.79. The molecule has 0 unspecified atom stereocenters. The summed E-state index contributed by atoms with van der Waals surface area (Å²) in [6, 6.07) is -0.0629. The lowest BCUT2D eigenvalue weighted by molar-refractivity contribution is 0.244. The van der Waals surface area contributed by atoms with Crippen LogP contribution in [0.5, 0.6) is 0 Å². The van der Waals surface area contributed by atoms with Gasteiger partial charge in [0.25, 0.3) is 10.2 Å². The monoisotopic (exact) mass is 353 g/mol. The number of nitrogens with one attached hydrogen (secondary N) is 1. The highest BCUT2D eigenvalue weighted by molar-refractivity contribution is 7.88. The van der Waals surface area contributed by atoms with Gasteiger partial charge in [0.05, 0.1) is 6.26 Å². The van der Waals surface area contributed by atoms with Crippen LogP contribution < -0.4 is 4.72 Å². The highest BCUT2D eigenvalue weighted by Gasteiger charge is 2.35. The van der Waals surface area contributed by atoms with E-state index < -0.39 is 20.2 Å². The predicted octanol–water partition coefficient (Wildman–Crippen LogP) is 0.509. The molecule has 22 heavy (non-hydrogen) atoms. The van der Waals surface area contributed by atoms with Gasteiger partial charge in [0, 0.05) is 32.2 Å². The first-order valence-corrected chi connectivity index (χ1v) is 11.2. The fraction of sp³-hybridized carbons (Fsp3) is 1.00. The Labute approximate surface area is 134 Å². The van der Waals surface area contributed by atoms with Gasteiger partial charge in [0.2, 0.25) is 10.0 Å². The van der Waals surface area contributed by atoms with Crippen LogP contribution in [-0.4, -0.2) is 63.9 Å². The second-order valence-corrected chi connectivity index (χ2v) is 10.1. The van der Waals surface area contributed by atoms with Crippen LogP contribution >= 0.6 is 0 Å². The van der Waals surface area contributed by atoms with Crippen LogP contribution in [0.1, 0.15) is 44.9 Å². The lowest BCUT2D eigenvalue weighted by atomic mass is 9.96. The Morgan fingerprint density at radius 3 is 2.00 bits per heavy atom. The first-order valence-electron chi connectivity index (χ1n) is 7.90. The highest BCUT2D eigenvalue weighted by atomic mass is 32.2. The van der Waals surface area contributed by atoms with Crippen molar-refractivity contribution in [2.75, 3.05) is 26.4 Å². The van der Waals surface area contributed by atoms with Crippen molar-refractivity contribution in [3.63, 3.8) is 0 Å². The van der Waals surface area contributed by atoms with Crippen LogP contribution in [0.4, 0.5) is 0 Å². The Morgan fingerprint density at radius 1 is 0.955 bits per heavy atom. The molecule has 9 heteroatoms. The molecule has 2 aliphatic rings. The van der Waals surface area contributed by atoms with Gasteiger partial charge in [-0.3, -0.25) is 0 Å². The second kappa shape index (κ2) is 7.12. The molecule has 1 N–H and O–H groups in total. The standard InChI is InChI=1S/C13H27N3O4S2/c1-15(13-6-4-3-5-7-13)22(19,20)16-10-8-12(9-11-16)14-21(2,17)18/h12-14H,3-11H2,1-2H3. The Kier molecular flexibility index (Phi) is 5.87. The zero-order chi connectivity index (χ0) is 16.4. The summed E-state index contributed by atoms with van der Waals surface area (Å²) in [4.78, 5) is 0. The smallest absolute Gasteiger partial charge is 0.213 e. The van der Waals surface area contributed by atoms with Gasteiger partial charge in [-0.1, -0.05) is 19.3 Å². The quantitative estimate of drug-likeness (QED) is 0.780. The number of hydrogen-bond acceptors (Lipinski definition) is 4. The van der Waals surface area contributed by atoms with E-state index in [1.165, 1.54) is 15.0 Å². The summed E-state index contributed by atoms with van der Waals surface area (Å²) in [5.74, 6) is 0. The molecular weight excluding hydrogens is 326 g/mol. The van der Waals surface area contributed by atoms with Gasteiger partial charge in [-0.05, 0) is 25.7 Å². The summed E-state index contributed by atoms with van der Waals surface area (Å²) in [5.41, 5.74) is 0. The van der Waals surface area contributed by atoms with E-state index in [0.717, 1.165) is 31.9 Å². The molecule has 0 amide bonds. The molecule has 1 aliphatic heterocycles. The molecule has 2 fully saturated rings. The van der Waals surface area contributed by atoms with E-state index in [9.17, 15) is 16.8 Å². The maximum Gasteiger partial charge on any atom is 0.281 e. The van der Waals surface area contributed by atoms with Crippen molar-refractivity contribution in [2.24, 2.45) is 0 Å². The van der Waals surface area contributed by atoms with Gasteiger partial charge in [0.1, 0.15) is 0 Å². The molecule has 1 heterocycles. The maximum absolute atomic E-state index is 12.7. The zero-order valence-corrected chi connectivity index (χ0v) is 15.0. The topological polar surface area (TPSA) is 86.8 Å². The van der Waals surface area contributed by atoms with Gasteiger partial charge in [0.15, 0.2) is 0 Å². The van der Waals surface area contributed by atoms with E-state index in [1.807, 2.05) is 0 Å².